The standard InChI is InChI=1S/C47H57N3O10S/c1-5-7-27-56-46(53)49(3)43-30-41(48-58-31-32-14-16-34(17-15-32)50(54)55)39-28-33(12-8-10-24-51)38(13-9-11-25-52)44-40-29-36(59-35-18-21-37(61-4)22-19-35)20-23-42(40)60-47(43,45(39)44)57-26-6-2/h5-6,14-23,28-29,33,38,43-45,51-52H,1-2,7-13,24-27,30-31H2,3-4H3. The number of oxime groups is 1. The van der Waals surface area contributed by atoms with E-state index in [-0.39, 0.29) is 62.9 Å². The maximum Gasteiger partial charge on any atom is 0.409 e. The summed E-state index contributed by atoms with van der Waals surface area (Å²) in [4.78, 5) is 33.5. The summed E-state index contributed by atoms with van der Waals surface area (Å²) in [5, 5.41) is 35.9. The number of rotatable bonds is 22. The number of nitro benzene ring substituents is 1. The highest BCUT2D eigenvalue weighted by atomic mass is 32.2. The Balaban J connectivity index is 1.52. The van der Waals surface area contributed by atoms with Crippen molar-refractivity contribution in [3.05, 3.63) is 125 Å². The number of fused-ring (bicyclic) bond motifs is 2. The molecule has 3 aromatic rings. The molecule has 1 amide bonds. The van der Waals surface area contributed by atoms with Crippen LogP contribution in [0.1, 0.15) is 68.4 Å². The fourth-order valence-corrected chi connectivity index (χ4v) is 9.34. The second kappa shape index (κ2) is 21.6. The predicted octanol–water partition coefficient (Wildman–Crippen LogP) is 9.59. The van der Waals surface area contributed by atoms with Crippen LogP contribution in [0, 0.1) is 27.9 Å². The van der Waals surface area contributed by atoms with Crippen molar-refractivity contribution in [3.8, 4) is 17.2 Å². The van der Waals surface area contributed by atoms with E-state index in [1.54, 1.807) is 43.1 Å². The quantitative estimate of drug-likeness (QED) is 0.0325. The molecule has 0 saturated heterocycles. The molecule has 0 spiro atoms. The van der Waals surface area contributed by atoms with Crippen molar-refractivity contribution in [1.29, 1.82) is 0 Å². The number of allylic oxidation sites excluding steroid dienone is 1. The van der Waals surface area contributed by atoms with E-state index >= 15 is 0 Å². The van der Waals surface area contributed by atoms with Crippen molar-refractivity contribution >= 4 is 29.3 Å². The van der Waals surface area contributed by atoms with Gasteiger partial charge in [0.15, 0.2) is 0 Å². The smallest absolute Gasteiger partial charge is 0.409 e. The van der Waals surface area contributed by atoms with Crippen molar-refractivity contribution in [2.24, 2.45) is 22.9 Å². The van der Waals surface area contributed by atoms with Gasteiger partial charge in [0.05, 0.1) is 29.8 Å². The minimum atomic E-state index is -1.44. The Morgan fingerprint density at radius 3 is 2.41 bits per heavy atom. The van der Waals surface area contributed by atoms with Crippen molar-refractivity contribution in [1.82, 2.24) is 4.90 Å². The fourth-order valence-electron chi connectivity index (χ4n) is 8.93. The van der Waals surface area contributed by atoms with Gasteiger partial charge in [-0.25, -0.2) is 4.79 Å². The van der Waals surface area contributed by atoms with Crippen LogP contribution < -0.4 is 9.47 Å². The Kier molecular flexibility index (Phi) is 16.1. The molecule has 14 heteroatoms. The number of amides is 1. The summed E-state index contributed by atoms with van der Waals surface area (Å²) in [6, 6.07) is 19.1. The number of likely N-dealkylation sites (N-methyl/N-ethyl adjacent to an activating group) is 1. The lowest BCUT2D eigenvalue weighted by atomic mass is 9.55. The number of non-ortho nitro benzene ring substituents is 1. The van der Waals surface area contributed by atoms with E-state index in [0.717, 1.165) is 41.7 Å². The van der Waals surface area contributed by atoms with Gasteiger partial charge in [-0.1, -0.05) is 36.2 Å². The van der Waals surface area contributed by atoms with Crippen molar-refractivity contribution < 1.29 is 43.7 Å². The van der Waals surface area contributed by atoms with Crippen LogP contribution in [-0.4, -0.2) is 83.4 Å². The topological polar surface area (TPSA) is 162 Å². The molecular weight excluding hydrogens is 799 g/mol. The van der Waals surface area contributed by atoms with Gasteiger partial charge in [0.25, 0.3) is 5.69 Å². The van der Waals surface area contributed by atoms with Gasteiger partial charge >= 0.3 is 6.09 Å². The highest BCUT2D eigenvalue weighted by Gasteiger charge is 2.65. The second-order valence-corrected chi connectivity index (χ2v) is 16.4. The zero-order valence-corrected chi connectivity index (χ0v) is 35.8. The first-order valence-electron chi connectivity index (χ1n) is 20.9. The summed E-state index contributed by atoms with van der Waals surface area (Å²) in [7, 11) is 1.68. The average Bonchev–Trinajstić information content (AvgIpc) is 3.27. The van der Waals surface area contributed by atoms with Crippen LogP contribution in [0.25, 0.3) is 0 Å². The first-order valence-corrected chi connectivity index (χ1v) is 22.2. The maximum absolute atomic E-state index is 13.9. The SMILES string of the molecule is C=CCCOC(=O)N(C)C1CC(=NOCc2ccc([N+](=O)[O-])cc2)C2=CC(CCCCO)C(CCCCO)C3c4cc(Oc5ccc(SC)cc5)ccc4OC1(OCC=C)C23. The Morgan fingerprint density at radius 1 is 1.02 bits per heavy atom. The maximum atomic E-state index is 13.9. The molecule has 0 bridgehead atoms. The van der Waals surface area contributed by atoms with Crippen LogP contribution in [-0.2, 0) is 20.9 Å². The van der Waals surface area contributed by atoms with Gasteiger partial charge in [0, 0.05) is 55.2 Å². The molecule has 3 aromatic carbocycles. The van der Waals surface area contributed by atoms with Gasteiger partial charge in [0.1, 0.15) is 29.9 Å². The Morgan fingerprint density at radius 2 is 1.74 bits per heavy atom. The van der Waals surface area contributed by atoms with Gasteiger partial charge < -0.3 is 38.9 Å². The molecule has 13 nitrogen and oxygen atoms in total. The molecule has 1 heterocycles. The molecule has 61 heavy (non-hydrogen) atoms. The Labute approximate surface area is 362 Å². The fraction of sp³-hybridized carbons (Fsp3) is 0.447. The van der Waals surface area contributed by atoms with Crippen LogP contribution in [0.4, 0.5) is 10.5 Å². The number of hydrogen-bond donors (Lipinski definition) is 2. The van der Waals surface area contributed by atoms with Gasteiger partial charge in [-0.2, -0.15) is 0 Å². The molecule has 6 rings (SSSR count). The number of aliphatic hydroxyl groups is 2. The number of aliphatic hydroxyl groups excluding tert-OH is 2. The van der Waals surface area contributed by atoms with Gasteiger partial charge in [-0.3, -0.25) is 10.1 Å². The molecule has 3 aliphatic rings. The zero-order chi connectivity index (χ0) is 43.4. The third-order valence-corrected chi connectivity index (χ3v) is 12.5. The lowest BCUT2D eigenvalue weighted by Gasteiger charge is -2.59. The number of ether oxygens (including phenoxy) is 4. The number of thioether (sulfide) groups is 1. The van der Waals surface area contributed by atoms with Gasteiger partial charge in [-0.05, 0) is 116 Å². The number of carbonyl (C=O) groups is 1. The number of hydrogen-bond acceptors (Lipinski definition) is 12. The number of benzene rings is 3. The zero-order valence-electron chi connectivity index (χ0n) is 35.0. The number of unbranched alkanes of at least 4 members (excludes halogenated alkanes) is 2. The van der Waals surface area contributed by atoms with E-state index in [4.69, 9.17) is 28.9 Å². The molecule has 6 unspecified atom stereocenters. The average molecular weight is 856 g/mol. The van der Waals surface area contributed by atoms with Gasteiger partial charge in [-0.15, -0.1) is 24.9 Å². The minimum Gasteiger partial charge on any atom is -0.459 e. The van der Waals surface area contributed by atoms with Crippen molar-refractivity contribution in [2.45, 2.75) is 80.6 Å². The van der Waals surface area contributed by atoms with E-state index in [1.807, 2.05) is 48.7 Å². The minimum absolute atomic E-state index is 0.0235. The summed E-state index contributed by atoms with van der Waals surface area (Å²) in [6.07, 6.45) is 12.2. The molecule has 1 fully saturated rings. The summed E-state index contributed by atoms with van der Waals surface area (Å²) in [6.45, 7) is 8.20. The summed E-state index contributed by atoms with van der Waals surface area (Å²) in [5.41, 5.74) is 3.08. The molecule has 1 saturated carbocycles. The first-order chi connectivity index (χ1) is 29.7. The molecule has 0 aromatic heterocycles. The summed E-state index contributed by atoms with van der Waals surface area (Å²) in [5.74, 6) is -0.223. The number of nitro groups is 1. The largest absolute Gasteiger partial charge is 0.459 e. The normalized spacial score (nSPS) is 23.1. The number of nitrogens with zero attached hydrogens (tertiary/aromatic N) is 3. The lowest BCUT2D eigenvalue weighted by molar-refractivity contribution is -0.384. The van der Waals surface area contributed by atoms with E-state index in [0.29, 0.717) is 47.8 Å². The van der Waals surface area contributed by atoms with Crippen LogP contribution in [0.2, 0.25) is 0 Å². The first kappa shape index (κ1) is 45.4. The number of carbonyl (C=O) groups excluding carboxylic acids is 1. The van der Waals surface area contributed by atoms with Gasteiger partial charge in [0.2, 0.25) is 5.79 Å². The molecule has 326 valence electrons. The highest BCUT2D eigenvalue weighted by molar-refractivity contribution is 7.98. The van der Waals surface area contributed by atoms with E-state index in [9.17, 15) is 25.1 Å². The highest BCUT2D eigenvalue weighted by Crippen LogP contribution is 2.62. The molecule has 0 radical (unpaired) electrons. The van der Waals surface area contributed by atoms with Crippen molar-refractivity contribution in [3.63, 3.8) is 0 Å². The third-order valence-electron chi connectivity index (χ3n) is 11.8. The summed E-state index contributed by atoms with van der Waals surface area (Å²) < 4.78 is 26.3. The Bertz CT molecular complexity index is 2040. The predicted molar refractivity (Wildman–Crippen MR) is 235 cm³/mol. The Hall–Kier alpha value is -5.15. The van der Waals surface area contributed by atoms with Crippen LogP contribution in [0.5, 0.6) is 17.2 Å². The van der Waals surface area contributed by atoms with E-state index in [1.165, 1.54) is 17.0 Å². The van der Waals surface area contributed by atoms with E-state index in [2.05, 4.69) is 19.2 Å². The van der Waals surface area contributed by atoms with Crippen LogP contribution in [0.3, 0.4) is 0 Å². The summed E-state index contributed by atoms with van der Waals surface area (Å²) >= 11 is 1.65. The molecular formula is C47H57N3O10S. The molecule has 2 N–H and O–H groups in total. The molecule has 1 aliphatic heterocycles. The van der Waals surface area contributed by atoms with E-state index < -0.39 is 28.8 Å². The molecule has 2 aliphatic carbocycles. The molecule has 6 atom stereocenters. The van der Waals surface area contributed by atoms with Crippen LogP contribution >= 0.6 is 11.8 Å². The second-order valence-electron chi connectivity index (χ2n) is 15.5. The van der Waals surface area contributed by atoms with Crippen molar-refractivity contribution in [2.75, 3.05) is 39.7 Å². The monoisotopic (exact) mass is 855 g/mol. The third kappa shape index (κ3) is 10.5. The lowest BCUT2D eigenvalue weighted by Crippen LogP contribution is -2.69. The van der Waals surface area contributed by atoms with Crippen LogP contribution in [0.15, 0.2) is 114 Å².